The predicted octanol–water partition coefficient (Wildman–Crippen LogP) is 5.47. The van der Waals surface area contributed by atoms with E-state index in [2.05, 4.69) is 28.2 Å². The summed E-state index contributed by atoms with van der Waals surface area (Å²) in [6, 6.07) is 11.7. The van der Waals surface area contributed by atoms with Gasteiger partial charge in [-0.2, -0.15) is 0 Å². The van der Waals surface area contributed by atoms with Crippen molar-refractivity contribution in [3.8, 4) is 5.75 Å². The summed E-state index contributed by atoms with van der Waals surface area (Å²) in [6.45, 7) is 4.32. The number of carbonyl (C=O) groups excluding carboxylic acids is 2. The third-order valence-electron chi connectivity index (χ3n) is 4.48. The average molecular weight is 516 g/mol. The summed E-state index contributed by atoms with van der Waals surface area (Å²) in [5, 5.41) is 3.84. The molecule has 0 aliphatic carbocycles. The minimum absolute atomic E-state index is 0.208. The van der Waals surface area contributed by atoms with Crippen LogP contribution >= 0.6 is 39.1 Å². The summed E-state index contributed by atoms with van der Waals surface area (Å²) in [5.41, 5.74) is 0.825. The Morgan fingerprint density at radius 3 is 2.63 bits per heavy atom. The predicted molar refractivity (Wildman–Crippen MR) is 124 cm³/mol. The molecule has 0 aliphatic heterocycles. The van der Waals surface area contributed by atoms with E-state index in [1.54, 1.807) is 37.3 Å². The smallest absolute Gasteiger partial charge is 0.261 e. The van der Waals surface area contributed by atoms with Gasteiger partial charge in [-0.1, -0.05) is 64.6 Å². The first kappa shape index (κ1) is 24.5. The Kier molecular flexibility index (Phi) is 9.95. The number of nitrogens with one attached hydrogen (secondary N) is 1. The van der Waals surface area contributed by atoms with E-state index >= 15 is 0 Å². The van der Waals surface area contributed by atoms with E-state index in [1.807, 2.05) is 12.1 Å². The molecule has 2 rings (SSSR count). The first-order valence-corrected chi connectivity index (χ1v) is 11.3. The monoisotopic (exact) mass is 514 g/mol. The van der Waals surface area contributed by atoms with Gasteiger partial charge >= 0.3 is 0 Å². The first-order valence-electron chi connectivity index (χ1n) is 9.71. The maximum absolute atomic E-state index is 13.0. The second-order valence-corrected chi connectivity index (χ2v) is 8.59. The Labute approximate surface area is 195 Å². The van der Waals surface area contributed by atoms with Crippen molar-refractivity contribution in [3.05, 3.63) is 62.5 Å². The van der Waals surface area contributed by atoms with Gasteiger partial charge in [-0.3, -0.25) is 9.59 Å². The second kappa shape index (κ2) is 12.2. The quantitative estimate of drug-likeness (QED) is 0.427. The number of halogens is 3. The van der Waals surface area contributed by atoms with Crippen LogP contribution in [-0.4, -0.2) is 35.9 Å². The van der Waals surface area contributed by atoms with Crippen LogP contribution in [-0.2, 0) is 16.1 Å². The molecule has 30 heavy (non-hydrogen) atoms. The van der Waals surface area contributed by atoms with Gasteiger partial charge in [-0.05, 0) is 49.2 Å². The molecule has 0 bridgehead atoms. The molecule has 0 unspecified atom stereocenters. The molecular weight excluding hydrogens is 491 g/mol. The molecule has 2 aromatic carbocycles. The van der Waals surface area contributed by atoms with Crippen molar-refractivity contribution in [3.63, 3.8) is 0 Å². The summed E-state index contributed by atoms with van der Waals surface area (Å²) < 4.78 is 6.43. The maximum Gasteiger partial charge on any atom is 0.261 e. The highest BCUT2D eigenvalue weighted by atomic mass is 79.9. The van der Waals surface area contributed by atoms with Crippen LogP contribution in [0.2, 0.25) is 10.0 Å². The Morgan fingerprint density at radius 1 is 1.20 bits per heavy atom. The van der Waals surface area contributed by atoms with Gasteiger partial charge in [-0.25, -0.2) is 0 Å². The fourth-order valence-corrected chi connectivity index (χ4v) is 3.71. The largest absolute Gasteiger partial charge is 0.482 e. The number of unbranched alkanes of at least 4 members (excludes halogenated alkanes) is 1. The number of nitrogens with zero attached hydrogens (tertiary/aromatic N) is 1. The van der Waals surface area contributed by atoms with Crippen LogP contribution in [0.15, 0.2) is 46.9 Å². The standard InChI is InChI=1S/C22H25BrCl2N2O3/c1-3-4-10-26-22(29)15(2)27(13-16-6-5-7-18(24)11-16)21(28)14-30-20-9-8-17(23)12-19(20)25/h5-9,11-12,15H,3-4,10,13-14H2,1-2H3,(H,26,29)/t15-/m1/s1. The number of hydrogen-bond donors (Lipinski definition) is 1. The number of ether oxygens (including phenoxy) is 1. The molecule has 162 valence electrons. The zero-order chi connectivity index (χ0) is 22.1. The molecule has 0 radical (unpaired) electrons. The molecule has 0 saturated heterocycles. The van der Waals surface area contributed by atoms with E-state index in [-0.39, 0.29) is 25.0 Å². The molecular formula is C22H25BrCl2N2O3. The van der Waals surface area contributed by atoms with E-state index in [0.717, 1.165) is 22.9 Å². The summed E-state index contributed by atoms with van der Waals surface area (Å²) in [6.07, 6.45) is 1.85. The van der Waals surface area contributed by atoms with E-state index in [9.17, 15) is 9.59 Å². The van der Waals surface area contributed by atoms with E-state index in [0.29, 0.717) is 22.3 Å². The molecule has 2 aromatic rings. The molecule has 0 aliphatic rings. The highest BCUT2D eigenvalue weighted by molar-refractivity contribution is 9.10. The van der Waals surface area contributed by atoms with Crippen LogP contribution < -0.4 is 10.1 Å². The average Bonchev–Trinajstić information content (AvgIpc) is 2.71. The molecule has 2 amide bonds. The highest BCUT2D eigenvalue weighted by Crippen LogP contribution is 2.27. The van der Waals surface area contributed by atoms with Gasteiger partial charge in [0.1, 0.15) is 11.8 Å². The minimum atomic E-state index is -0.669. The lowest BCUT2D eigenvalue weighted by Gasteiger charge is -2.29. The number of hydrogen-bond acceptors (Lipinski definition) is 3. The third kappa shape index (κ3) is 7.49. The van der Waals surface area contributed by atoms with Crippen molar-refractivity contribution in [2.45, 2.75) is 39.3 Å². The molecule has 0 saturated carbocycles. The Bertz CT molecular complexity index is 879. The zero-order valence-electron chi connectivity index (χ0n) is 17.0. The number of rotatable bonds is 10. The lowest BCUT2D eigenvalue weighted by Crippen LogP contribution is -2.49. The summed E-state index contributed by atoms with van der Waals surface area (Å²) in [4.78, 5) is 27.1. The molecule has 5 nitrogen and oxygen atoms in total. The van der Waals surface area contributed by atoms with Gasteiger partial charge in [0.25, 0.3) is 5.91 Å². The molecule has 0 aromatic heterocycles. The van der Waals surface area contributed by atoms with Crippen molar-refractivity contribution in [2.75, 3.05) is 13.2 Å². The number of benzene rings is 2. The van der Waals surface area contributed by atoms with Gasteiger partial charge in [0.15, 0.2) is 6.61 Å². The van der Waals surface area contributed by atoms with E-state index < -0.39 is 6.04 Å². The Morgan fingerprint density at radius 2 is 1.97 bits per heavy atom. The van der Waals surface area contributed by atoms with Crippen LogP contribution in [0.1, 0.15) is 32.3 Å². The third-order valence-corrected chi connectivity index (χ3v) is 5.51. The summed E-state index contributed by atoms with van der Waals surface area (Å²) in [7, 11) is 0. The van der Waals surface area contributed by atoms with Crippen LogP contribution in [0, 0.1) is 0 Å². The van der Waals surface area contributed by atoms with Gasteiger partial charge in [0.05, 0.1) is 5.02 Å². The fourth-order valence-electron chi connectivity index (χ4n) is 2.77. The van der Waals surface area contributed by atoms with Crippen LogP contribution in [0.3, 0.4) is 0 Å². The topological polar surface area (TPSA) is 58.6 Å². The zero-order valence-corrected chi connectivity index (χ0v) is 20.1. The minimum Gasteiger partial charge on any atom is -0.482 e. The lowest BCUT2D eigenvalue weighted by molar-refractivity contribution is -0.142. The van der Waals surface area contributed by atoms with Crippen molar-refractivity contribution >= 4 is 50.9 Å². The van der Waals surface area contributed by atoms with Gasteiger partial charge in [0.2, 0.25) is 5.91 Å². The Hall–Kier alpha value is -1.76. The lowest BCUT2D eigenvalue weighted by atomic mass is 10.1. The fraction of sp³-hybridized carbons (Fsp3) is 0.364. The normalized spacial score (nSPS) is 11.6. The molecule has 1 atom stereocenters. The van der Waals surface area contributed by atoms with Gasteiger partial charge < -0.3 is 15.0 Å². The van der Waals surface area contributed by atoms with Crippen LogP contribution in [0.25, 0.3) is 0 Å². The van der Waals surface area contributed by atoms with E-state index in [1.165, 1.54) is 4.90 Å². The second-order valence-electron chi connectivity index (χ2n) is 6.84. The molecule has 1 N–H and O–H groups in total. The van der Waals surface area contributed by atoms with Crippen LogP contribution in [0.4, 0.5) is 0 Å². The van der Waals surface area contributed by atoms with Gasteiger partial charge in [0, 0.05) is 22.6 Å². The number of amides is 2. The molecule has 0 heterocycles. The van der Waals surface area contributed by atoms with Crippen molar-refractivity contribution in [1.82, 2.24) is 10.2 Å². The van der Waals surface area contributed by atoms with Crippen molar-refractivity contribution < 1.29 is 14.3 Å². The van der Waals surface area contributed by atoms with Crippen molar-refractivity contribution in [1.29, 1.82) is 0 Å². The SMILES string of the molecule is CCCCNC(=O)[C@@H](C)N(Cc1cccc(Cl)c1)C(=O)COc1ccc(Br)cc1Cl. The molecule has 0 fully saturated rings. The highest BCUT2D eigenvalue weighted by Gasteiger charge is 2.26. The molecule has 8 heteroatoms. The van der Waals surface area contributed by atoms with E-state index in [4.69, 9.17) is 27.9 Å². The molecule has 0 spiro atoms. The van der Waals surface area contributed by atoms with Crippen LogP contribution in [0.5, 0.6) is 5.75 Å². The first-order chi connectivity index (χ1) is 14.3. The Balaban J connectivity index is 2.13. The summed E-state index contributed by atoms with van der Waals surface area (Å²) >= 11 is 15.6. The van der Waals surface area contributed by atoms with Gasteiger partial charge in [-0.15, -0.1) is 0 Å². The summed E-state index contributed by atoms with van der Waals surface area (Å²) in [5.74, 6) is -0.136. The van der Waals surface area contributed by atoms with Crippen molar-refractivity contribution in [2.24, 2.45) is 0 Å². The number of carbonyl (C=O) groups is 2. The maximum atomic E-state index is 13.0.